The lowest BCUT2D eigenvalue weighted by Crippen LogP contribution is -2.26. The second-order valence-electron chi connectivity index (χ2n) is 6.71. The van der Waals surface area contributed by atoms with E-state index in [1.165, 1.54) is 11.3 Å². The average Bonchev–Trinajstić information content (AvgIpc) is 2.74. The van der Waals surface area contributed by atoms with Gasteiger partial charge in [-0.2, -0.15) is 0 Å². The molecule has 0 amide bonds. The van der Waals surface area contributed by atoms with Gasteiger partial charge in [-0.1, -0.05) is 19.9 Å². The topological polar surface area (TPSA) is 38.0 Å². The molecule has 0 spiro atoms. The number of aryl methyl sites for hydroxylation is 1. The Morgan fingerprint density at radius 1 is 1.35 bits per heavy atom. The Bertz CT molecular complexity index is 610. The molecule has 2 aromatic heterocycles. The van der Waals surface area contributed by atoms with Crippen LogP contribution in [0.1, 0.15) is 48.9 Å². The van der Waals surface area contributed by atoms with E-state index >= 15 is 0 Å². The van der Waals surface area contributed by atoms with E-state index in [4.69, 9.17) is 0 Å². The first-order valence-electron chi connectivity index (χ1n) is 7.22. The number of pyridine rings is 1. The van der Waals surface area contributed by atoms with Crippen molar-refractivity contribution < 1.29 is 5.11 Å². The number of nitrogens with zero attached hydrogens (tertiary/aromatic N) is 2. The van der Waals surface area contributed by atoms with E-state index in [0.717, 1.165) is 30.6 Å². The minimum atomic E-state index is -0.328. The van der Waals surface area contributed by atoms with Crippen LogP contribution in [0.4, 0.5) is 0 Å². The first-order valence-corrected chi connectivity index (χ1v) is 7.22. The highest BCUT2D eigenvalue weighted by Crippen LogP contribution is 2.41. The molecule has 1 unspecified atom stereocenters. The smallest absolute Gasteiger partial charge is 0.0812 e. The van der Waals surface area contributed by atoms with Crippen molar-refractivity contribution in [2.24, 2.45) is 5.41 Å². The molecule has 0 bridgehead atoms. The van der Waals surface area contributed by atoms with Crippen molar-refractivity contribution in [3.8, 4) is 0 Å². The summed E-state index contributed by atoms with van der Waals surface area (Å²) in [5, 5.41) is 10.3. The molecule has 0 saturated heterocycles. The molecule has 1 aliphatic carbocycles. The van der Waals surface area contributed by atoms with Crippen molar-refractivity contribution in [1.82, 2.24) is 9.55 Å². The zero-order valence-corrected chi connectivity index (χ0v) is 12.4. The minimum Gasteiger partial charge on any atom is -0.388 e. The first-order chi connectivity index (χ1) is 9.44. The Morgan fingerprint density at radius 2 is 2.15 bits per heavy atom. The molecule has 2 heterocycles. The second-order valence-corrected chi connectivity index (χ2v) is 6.71. The number of aliphatic hydroxyl groups is 1. The van der Waals surface area contributed by atoms with E-state index in [9.17, 15) is 5.11 Å². The van der Waals surface area contributed by atoms with Gasteiger partial charge in [0.1, 0.15) is 0 Å². The van der Waals surface area contributed by atoms with Crippen LogP contribution in [0.5, 0.6) is 0 Å². The van der Waals surface area contributed by atoms with Crippen LogP contribution in [0.15, 0.2) is 30.6 Å². The summed E-state index contributed by atoms with van der Waals surface area (Å²) in [6.45, 7) is 7.28. The van der Waals surface area contributed by atoms with Crippen LogP contribution < -0.4 is 0 Å². The fourth-order valence-corrected chi connectivity index (χ4v) is 3.12. The van der Waals surface area contributed by atoms with Gasteiger partial charge in [0.15, 0.2) is 0 Å². The Balaban J connectivity index is 1.91. The lowest BCUT2D eigenvalue weighted by molar-refractivity contribution is 0.0981. The van der Waals surface area contributed by atoms with Gasteiger partial charge in [0.2, 0.25) is 0 Å². The standard InChI is InChI=1S/C17H22N2O/c1-12-4-5-13(10-18-12)11-19-7-6-14-15(19)8-17(2,3)9-16(14)20/h4-7,10,16,20H,8-9,11H2,1-3H3. The summed E-state index contributed by atoms with van der Waals surface area (Å²) in [6, 6.07) is 6.24. The summed E-state index contributed by atoms with van der Waals surface area (Å²) < 4.78 is 2.26. The third kappa shape index (κ3) is 2.50. The number of hydrogen-bond acceptors (Lipinski definition) is 2. The highest BCUT2D eigenvalue weighted by Gasteiger charge is 2.33. The van der Waals surface area contributed by atoms with E-state index in [1.807, 2.05) is 19.2 Å². The fourth-order valence-electron chi connectivity index (χ4n) is 3.12. The SMILES string of the molecule is Cc1ccc(Cn2ccc3c2CC(C)(C)CC3O)cn1. The zero-order chi connectivity index (χ0) is 14.3. The third-order valence-electron chi connectivity index (χ3n) is 4.19. The lowest BCUT2D eigenvalue weighted by Gasteiger charge is -2.34. The van der Waals surface area contributed by atoms with Gasteiger partial charge in [-0.05, 0) is 42.9 Å². The minimum absolute atomic E-state index is 0.161. The molecular weight excluding hydrogens is 248 g/mol. The molecule has 0 aromatic carbocycles. The zero-order valence-electron chi connectivity index (χ0n) is 12.4. The van der Waals surface area contributed by atoms with Gasteiger partial charge in [-0.3, -0.25) is 4.98 Å². The molecule has 0 saturated carbocycles. The molecule has 1 aliphatic rings. The van der Waals surface area contributed by atoms with Gasteiger partial charge in [0.05, 0.1) is 6.10 Å². The molecule has 1 atom stereocenters. The third-order valence-corrected chi connectivity index (χ3v) is 4.19. The molecule has 1 N–H and O–H groups in total. The van der Waals surface area contributed by atoms with Gasteiger partial charge in [0.25, 0.3) is 0 Å². The van der Waals surface area contributed by atoms with Gasteiger partial charge in [-0.15, -0.1) is 0 Å². The lowest BCUT2D eigenvalue weighted by atomic mass is 9.75. The van der Waals surface area contributed by atoms with E-state index < -0.39 is 0 Å². The van der Waals surface area contributed by atoms with Crippen LogP contribution in [0.25, 0.3) is 0 Å². The maximum atomic E-state index is 10.3. The molecule has 0 fully saturated rings. The van der Waals surface area contributed by atoms with E-state index in [-0.39, 0.29) is 11.5 Å². The van der Waals surface area contributed by atoms with Crippen LogP contribution in [0.3, 0.4) is 0 Å². The summed E-state index contributed by atoms with van der Waals surface area (Å²) in [5.74, 6) is 0. The van der Waals surface area contributed by atoms with Crippen LogP contribution in [0, 0.1) is 12.3 Å². The molecule has 0 radical (unpaired) electrons. The molecule has 3 rings (SSSR count). The van der Waals surface area contributed by atoms with E-state index in [1.54, 1.807) is 0 Å². The van der Waals surface area contributed by atoms with E-state index in [0.29, 0.717) is 0 Å². The number of aromatic nitrogens is 2. The highest BCUT2D eigenvalue weighted by molar-refractivity contribution is 5.30. The largest absolute Gasteiger partial charge is 0.388 e. The predicted octanol–water partition coefficient (Wildman–Crippen LogP) is 3.25. The molecule has 2 aromatic rings. The summed E-state index contributed by atoms with van der Waals surface area (Å²) in [4.78, 5) is 4.35. The van der Waals surface area contributed by atoms with Crippen LogP contribution in [-0.4, -0.2) is 14.7 Å². The average molecular weight is 270 g/mol. The van der Waals surface area contributed by atoms with Crippen LogP contribution in [-0.2, 0) is 13.0 Å². The summed E-state index contributed by atoms with van der Waals surface area (Å²) in [7, 11) is 0. The molecule has 106 valence electrons. The fraction of sp³-hybridized carbons (Fsp3) is 0.471. The number of fused-ring (bicyclic) bond motifs is 1. The molecular formula is C17H22N2O. The summed E-state index contributed by atoms with van der Waals surface area (Å²) in [5.41, 5.74) is 4.78. The van der Waals surface area contributed by atoms with Crippen molar-refractivity contribution in [3.63, 3.8) is 0 Å². The Labute approximate surface area is 120 Å². The van der Waals surface area contributed by atoms with Crippen molar-refractivity contribution in [3.05, 3.63) is 53.1 Å². The summed E-state index contributed by atoms with van der Waals surface area (Å²) >= 11 is 0. The molecule has 0 aliphatic heterocycles. The van der Waals surface area contributed by atoms with Crippen molar-refractivity contribution in [2.45, 2.75) is 46.3 Å². The van der Waals surface area contributed by atoms with Gasteiger partial charge >= 0.3 is 0 Å². The van der Waals surface area contributed by atoms with Crippen molar-refractivity contribution >= 4 is 0 Å². The maximum Gasteiger partial charge on any atom is 0.0812 e. The van der Waals surface area contributed by atoms with Crippen LogP contribution in [0.2, 0.25) is 0 Å². The normalized spacial score (nSPS) is 20.7. The van der Waals surface area contributed by atoms with Crippen LogP contribution >= 0.6 is 0 Å². The second kappa shape index (κ2) is 4.74. The Morgan fingerprint density at radius 3 is 2.85 bits per heavy atom. The van der Waals surface area contributed by atoms with Crippen molar-refractivity contribution in [1.29, 1.82) is 0 Å². The maximum absolute atomic E-state index is 10.3. The predicted molar refractivity (Wildman–Crippen MR) is 79.6 cm³/mol. The summed E-state index contributed by atoms with van der Waals surface area (Å²) in [6.07, 6.45) is 5.56. The van der Waals surface area contributed by atoms with Gasteiger partial charge in [0, 0.05) is 35.9 Å². The molecule has 3 heteroatoms. The first kappa shape index (κ1) is 13.4. The Hall–Kier alpha value is -1.61. The quantitative estimate of drug-likeness (QED) is 0.909. The monoisotopic (exact) mass is 270 g/mol. The Kier molecular flexibility index (Phi) is 3.17. The van der Waals surface area contributed by atoms with Crippen molar-refractivity contribution in [2.75, 3.05) is 0 Å². The molecule has 20 heavy (non-hydrogen) atoms. The molecule has 3 nitrogen and oxygen atoms in total. The van der Waals surface area contributed by atoms with E-state index in [2.05, 4.69) is 41.7 Å². The highest BCUT2D eigenvalue weighted by atomic mass is 16.3. The number of rotatable bonds is 2. The van der Waals surface area contributed by atoms with Gasteiger partial charge in [-0.25, -0.2) is 0 Å². The number of aliphatic hydroxyl groups excluding tert-OH is 1. The number of hydrogen-bond donors (Lipinski definition) is 1. The van der Waals surface area contributed by atoms with Gasteiger partial charge < -0.3 is 9.67 Å².